The second kappa shape index (κ2) is 5.27. The third-order valence-corrected chi connectivity index (χ3v) is 2.89. The molecule has 0 radical (unpaired) electrons. The summed E-state index contributed by atoms with van der Waals surface area (Å²) in [5.41, 5.74) is -0.707. The molecule has 0 saturated heterocycles. The predicted molar refractivity (Wildman–Crippen MR) is 71.7 cm³/mol. The van der Waals surface area contributed by atoms with Crippen LogP contribution in [0, 0.1) is 24.0 Å². The van der Waals surface area contributed by atoms with E-state index in [0.29, 0.717) is 5.76 Å². The van der Waals surface area contributed by atoms with Crippen molar-refractivity contribution in [3.8, 4) is 0 Å². The summed E-state index contributed by atoms with van der Waals surface area (Å²) in [7, 11) is 2.55. The Labute approximate surface area is 118 Å². The van der Waals surface area contributed by atoms with Gasteiger partial charge in [-0.15, -0.1) is 4.73 Å². The molecule has 2 heterocycles. The first-order chi connectivity index (χ1) is 9.92. The van der Waals surface area contributed by atoms with Gasteiger partial charge in [-0.1, -0.05) is 5.16 Å². The molecule has 0 aliphatic heterocycles. The Kier molecular flexibility index (Phi) is 3.66. The molecule has 0 atom stereocenters. The highest BCUT2D eigenvalue weighted by Crippen LogP contribution is 2.19. The van der Waals surface area contributed by atoms with Crippen LogP contribution in [0.25, 0.3) is 11.1 Å². The molecule has 0 spiro atoms. The first-order valence-corrected chi connectivity index (χ1v) is 5.88. The summed E-state index contributed by atoms with van der Waals surface area (Å²) in [6.45, 7) is 3.04. The molecular formula is C12H13N3O6. The van der Waals surface area contributed by atoms with E-state index in [1.54, 1.807) is 6.92 Å². The normalized spacial score (nSPS) is 11.7. The zero-order chi connectivity index (χ0) is 15.7. The zero-order valence-electron chi connectivity index (χ0n) is 11.9. The Morgan fingerprint density at radius 1 is 1.38 bits per heavy atom. The Morgan fingerprint density at radius 3 is 2.57 bits per heavy atom. The second-order valence-corrected chi connectivity index (χ2v) is 4.19. The van der Waals surface area contributed by atoms with Crippen LogP contribution in [0.4, 0.5) is 5.69 Å². The lowest BCUT2D eigenvalue weighted by atomic mass is 10.2. The summed E-state index contributed by atoms with van der Waals surface area (Å²) >= 11 is 0. The molecule has 2 rings (SSSR count). The van der Waals surface area contributed by atoms with Gasteiger partial charge in [0.25, 0.3) is 0 Å². The lowest BCUT2D eigenvalue weighted by molar-refractivity contribution is -0.387. The largest absolute Gasteiger partial charge is 0.442 e. The summed E-state index contributed by atoms with van der Waals surface area (Å²) in [6.07, 6.45) is 0. The molecule has 0 aliphatic carbocycles. The van der Waals surface area contributed by atoms with E-state index in [9.17, 15) is 14.9 Å². The summed E-state index contributed by atoms with van der Waals surface area (Å²) in [5, 5.41) is 14.6. The molecule has 112 valence electrons. The van der Waals surface area contributed by atoms with E-state index in [1.165, 1.54) is 27.2 Å². The van der Waals surface area contributed by atoms with Crippen molar-refractivity contribution >= 4 is 16.8 Å². The van der Waals surface area contributed by atoms with Gasteiger partial charge in [-0.05, 0) is 13.8 Å². The lowest BCUT2D eigenvalue weighted by Gasteiger charge is -2.12. The third kappa shape index (κ3) is 2.22. The van der Waals surface area contributed by atoms with Gasteiger partial charge < -0.3 is 14.1 Å². The second-order valence-electron chi connectivity index (χ2n) is 4.19. The van der Waals surface area contributed by atoms with Crippen molar-refractivity contribution in [3.05, 3.63) is 43.2 Å². The Bertz CT molecular complexity index is 849. The molecule has 0 unspecified atom stereocenters. The van der Waals surface area contributed by atoms with Gasteiger partial charge in [-0.2, -0.15) is 0 Å². The van der Waals surface area contributed by atoms with Crippen molar-refractivity contribution in [2.75, 3.05) is 14.2 Å². The number of rotatable bonds is 3. The Morgan fingerprint density at radius 2 is 2.05 bits per heavy atom. The van der Waals surface area contributed by atoms with Crippen LogP contribution in [0.5, 0.6) is 0 Å². The van der Waals surface area contributed by atoms with E-state index in [0.717, 1.165) is 4.73 Å². The predicted octanol–water partition coefficient (Wildman–Crippen LogP) is 0.640. The fourth-order valence-electron chi connectivity index (χ4n) is 2.11. The molecule has 0 aliphatic rings. The van der Waals surface area contributed by atoms with Crippen LogP contribution < -0.4 is 15.6 Å². The maximum absolute atomic E-state index is 12.2. The van der Waals surface area contributed by atoms with E-state index in [-0.39, 0.29) is 27.8 Å². The minimum absolute atomic E-state index is 0.0291. The molecule has 0 aromatic carbocycles. The van der Waals surface area contributed by atoms with E-state index in [2.05, 4.69) is 9.99 Å². The van der Waals surface area contributed by atoms with Crippen molar-refractivity contribution in [2.45, 2.75) is 13.8 Å². The molecule has 0 saturated carbocycles. The number of nitrogens with zero attached hydrogens (tertiary/aromatic N) is 3. The first kappa shape index (κ1) is 14.6. The van der Waals surface area contributed by atoms with E-state index >= 15 is 0 Å². The van der Waals surface area contributed by atoms with E-state index < -0.39 is 10.4 Å². The molecule has 9 nitrogen and oxygen atoms in total. The smallest absolute Gasteiger partial charge is 0.321 e. The van der Waals surface area contributed by atoms with Gasteiger partial charge in [0.15, 0.2) is 10.8 Å². The minimum Gasteiger partial charge on any atom is -0.442 e. The molecule has 2 aromatic rings. The van der Waals surface area contributed by atoms with Gasteiger partial charge in [-0.25, -0.2) is 0 Å². The molecule has 21 heavy (non-hydrogen) atoms. The number of hydrogen-bond donors (Lipinski definition) is 0. The van der Waals surface area contributed by atoms with E-state index in [1.807, 2.05) is 0 Å². The van der Waals surface area contributed by atoms with Gasteiger partial charge >= 0.3 is 5.69 Å². The number of aryl methyl sites for hydroxylation is 1. The van der Waals surface area contributed by atoms with Crippen LogP contribution in [0.15, 0.2) is 20.4 Å². The summed E-state index contributed by atoms with van der Waals surface area (Å²) in [4.78, 5) is 32.5. The zero-order valence-corrected chi connectivity index (χ0v) is 11.9. The molecular weight excluding hydrogens is 282 g/mol. The van der Waals surface area contributed by atoms with Crippen molar-refractivity contribution in [1.29, 1.82) is 0 Å². The van der Waals surface area contributed by atoms with Crippen LogP contribution >= 0.6 is 0 Å². The topological polar surface area (TPSA) is 109 Å². The fourth-order valence-corrected chi connectivity index (χ4v) is 2.11. The van der Waals surface area contributed by atoms with Crippen LogP contribution in [0.1, 0.15) is 11.5 Å². The van der Waals surface area contributed by atoms with Crippen LogP contribution in [-0.2, 0) is 4.84 Å². The van der Waals surface area contributed by atoms with Crippen molar-refractivity contribution in [1.82, 2.24) is 4.73 Å². The van der Waals surface area contributed by atoms with Crippen molar-refractivity contribution in [2.24, 2.45) is 5.16 Å². The Balaban J connectivity index is 3.24. The average Bonchev–Trinajstić information content (AvgIpc) is 2.37. The monoisotopic (exact) mass is 295 g/mol. The number of aromatic nitrogens is 1. The van der Waals surface area contributed by atoms with Gasteiger partial charge in [-0.3, -0.25) is 14.9 Å². The number of fused-ring (bicyclic) bond motifs is 1. The number of hydrogen-bond acceptors (Lipinski definition) is 7. The van der Waals surface area contributed by atoms with Crippen LogP contribution in [-0.4, -0.2) is 23.9 Å². The fraction of sp³-hybridized carbons (Fsp3) is 0.333. The molecule has 9 heteroatoms. The Hall–Kier alpha value is -2.84. The quantitative estimate of drug-likeness (QED) is 0.607. The number of nitro groups is 1. The lowest BCUT2D eigenvalue weighted by Crippen LogP contribution is -2.26. The average molecular weight is 295 g/mol. The summed E-state index contributed by atoms with van der Waals surface area (Å²) < 4.78 is 6.55. The van der Waals surface area contributed by atoms with E-state index in [4.69, 9.17) is 9.25 Å². The third-order valence-electron chi connectivity index (χ3n) is 2.89. The molecule has 0 amide bonds. The molecule has 2 aromatic heterocycles. The van der Waals surface area contributed by atoms with Crippen LogP contribution in [0.3, 0.4) is 0 Å². The molecule has 0 N–H and O–H groups in total. The SMILES string of the molecule is CO/N=c1\c([N+](=O)[O-])c(C)n(OC)c2oc(C)cc(=O)c12. The summed E-state index contributed by atoms with van der Waals surface area (Å²) in [6, 6.07) is 1.22. The summed E-state index contributed by atoms with van der Waals surface area (Å²) in [5.74, 6) is 0.343. The van der Waals surface area contributed by atoms with Gasteiger partial charge in [0.05, 0.1) is 4.92 Å². The van der Waals surface area contributed by atoms with Crippen LogP contribution in [0.2, 0.25) is 0 Å². The van der Waals surface area contributed by atoms with Gasteiger partial charge in [0, 0.05) is 6.07 Å². The first-order valence-electron chi connectivity index (χ1n) is 5.88. The molecule has 0 fully saturated rings. The van der Waals surface area contributed by atoms with Crippen molar-refractivity contribution < 1.29 is 19.0 Å². The highest BCUT2D eigenvalue weighted by atomic mass is 16.7. The standard InChI is InChI=1S/C12H13N3O6/c1-6-5-8(16)9-10(13-19-3)11(15(17)18)7(2)14(20-4)12(9)21-6/h5H,1-4H3/b13-10-. The number of pyridine rings is 1. The van der Waals surface area contributed by atoms with Crippen molar-refractivity contribution in [3.63, 3.8) is 0 Å². The maximum Gasteiger partial charge on any atom is 0.321 e. The maximum atomic E-state index is 12.2. The van der Waals surface area contributed by atoms with Gasteiger partial charge in [0.2, 0.25) is 5.71 Å². The highest BCUT2D eigenvalue weighted by molar-refractivity contribution is 5.76. The highest BCUT2D eigenvalue weighted by Gasteiger charge is 2.26. The minimum atomic E-state index is -0.651. The van der Waals surface area contributed by atoms with Gasteiger partial charge in [0.1, 0.15) is 31.1 Å². The molecule has 0 bridgehead atoms.